The summed E-state index contributed by atoms with van der Waals surface area (Å²) in [7, 11) is 1.64. The van der Waals surface area contributed by atoms with Crippen LogP contribution in [-0.4, -0.2) is 23.2 Å². The predicted octanol–water partition coefficient (Wildman–Crippen LogP) is 1.72. The Bertz CT molecular complexity index is 665. The minimum absolute atomic E-state index is 0.250. The van der Waals surface area contributed by atoms with Crippen LogP contribution in [0.1, 0.15) is 23.6 Å². The van der Waals surface area contributed by atoms with Crippen molar-refractivity contribution in [3.8, 4) is 5.75 Å². The third-order valence-electron chi connectivity index (χ3n) is 3.25. The van der Waals surface area contributed by atoms with Gasteiger partial charge in [0.05, 0.1) is 13.7 Å². The molecule has 0 amide bonds. The maximum atomic E-state index is 11.8. The van der Waals surface area contributed by atoms with E-state index in [9.17, 15) is 4.79 Å². The van der Waals surface area contributed by atoms with Crippen LogP contribution in [0.4, 0.5) is 0 Å². The molecule has 0 bridgehead atoms. The molecule has 0 atom stereocenters. The molecular weight excluding hydrogens is 266 g/mol. The van der Waals surface area contributed by atoms with E-state index in [-0.39, 0.29) is 5.69 Å². The highest BCUT2D eigenvalue weighted by atomic mass is 16.5. The molecule has 2 aromatic rings. The molecule has 21 heavy (non-hydrogen) atoms. The predicted molar refractivity (Wildman–Crippen MR) is 82.7 cm³/mol. The Kier molecular flexibility index (Phi) is 5.11. The molecule has 1 aromatic carbocycles. The summed E-state index contributed by atoms with van der Waals surface area (Å²) in [6.45, 7) is 6.16. The van der Waals surface area contributed by atoms with E-state index in [1.165, 1.54) is 5.56 Å². The van der Waals surface area contributed by atoms with Crippen LogP contribution >= 0.6 is 0 Å². The Balaban J connectivity index is 2.32. The van der Waals surface area contributed by atoms with Gasteiger partial charge in [-0.15, -0.1) is 0 Å². The molecular formula is C16H21N3O2. The molecule has 0 saturated heterocycles. The number of hydrogen-bond acceptors (Lipinski definition) is 4. The fourth-order valence-electron chi connectivity index (χ4n) is 2.20. The third kappa shape index (κ3) is 3.92. The normalized spacial score (nSPS) is 10.6. The first-order valence-electron chi connectivity index (χ1n) is 7.03. The number of methoxy groups -OCH3 is 1. The van der Waals surface area contributed by atoms with Crippen LogP contribution in [0.3, 0.4) is 0 Å². The number of aryl methyl sites for hydroxylation is 1. The summed E-state index contributed by atoms with van der Waals surface area (Å²) < 4.78 is 6.99. The average molecular weight is 287 g/mol. The Morgan fingerprint density at radius 3 is 2.90 bits per heavy atom. The molecule has 1 N–H and O–H groups in total. The van der Waals surface area contributed by atoms with E-state index in [0.717, 1.165) is 30.0 Å². The van der Waals surface area contributed by atoms with Gasteiger partial charge in [-0.1, -0.05) is 13.0 Å². The van der Waals surface area contributed by atoms with Crippen molar-refractivity contribution in [1.29, 1.82) is 0 Å². The second kappa shape index (κ2) is 7.04. The van der Waals surface area contributed by atoms with Gasteiger partial charge >= 0.3 is 5.69 Å². The van der Waals surface area contributed by atoms with Crippen molar-refractivity contribution >= 4 is 0 Å². The van der Waals surface area contributed by atoms with Gasteiger partial charge < -0.3 is 10.1 Å². The summed E-state index contributed by atoms with van der Waals surface area (Å²) >= 11 is 0. The molecule has 0 spiro atoms. The smallest absolute Gasteiger partial charge is 0.347 e. The van der Waals surface area contributed by atoms with Crippen LogP contribution in [0, 0.1) is 6.92 Å². The minimum atomic E-state index is -0.250. The van der Waals surface area contributed by atoms with Crippen LogP contribution in [0.25, 0.3) is 0 Å². The number of nitrogens with zero attached hydrogens (tertiary/aromatic N) is 2. The Labute approximate surface area is 124 Å². The van der Waals surface area contributed by atoms with Crippen LogP contribution in [0.5, 0.6) is 5.75 Å². The van der Waals surface area contributed by atoms with Crippen molar-refractivity contribution in [2.45, 2.75) is 26.9 Å². The fraction of sp³-hybridized carbons (Fsp3) is 0.375. The zero-order chi connectivity index (χ0) is 15.2. The molecule has 0 unspecified atom stereocenters. The Morgan fingerprint density at radius 2 is 2.19 bits per heavy atom. The number of hydrogen-bond donors (Lipinski definition) is 1. The molecule has 1 aromatic heterocycles. The fourth-order valence-corrected chi connectivity index (χ4v) is 2.20. The summed E-state index contributed by atoms with van der Waals surface area (Å²) in [6.07, 6.45) is 3.39. The molecule has 0 aliphatic carbocycles. The quantitative estimate of drug-likeness (QED) is 0.879. The van der Waals surface area contributed by atoms with Gasteiger partial charge in [-0.3, -0.25) is 4.57 Å². The van der Waals surface area contributed by atoms with Gasteiger partial charge in [0.2, 0.25) is 0 Å². The van der Waals surface area contributed by atoms with E-state index in [1.54, 1.807) is 17.9 Å². The van der Waals surface area contributed by atoms with Gasteiger partial charge in [0.1, 0.15) is 5.75 Å². The lowest BCUT2D eigenvalue weighted by atomic mass is 10.1. The van der Waals surface area contributed by atoms with Crippen LogP contribution in [0.15, 0.2) is 35.4 Å². The lowest BCUT2D eigenvalue weighted by molar-refractivity contribution is 0.407. The highest BCUT2D eigenvalue weighted by molar-refractivity contribution is 5.37. The number of aromatic nitrogens is 2. The SMILES string of the molecule is CCNCc1ccc(OC)c(Cn2cc(C)cnc2=O)c1. The van der Waals surface area contributed by atoms with Crippen molar-refractivity contribution in [3.63, 3.8) is 0 Å². The maximum absolute atomic E-state index is 11.8. The van der Waals surface area contributed by atoms with Crippen LogP contribution in [-0.2, 0) is 13.1 Å². The topological polar surface area (TPSA) is 56.1 Å². The zero-order valence-corrected chi connectivity index (χ0v) is 12.7. The highest BCUT2D eigenvalue weighted by Gasteiger charge is 2.07. The summed E-state index contributed by atoms with van der Waals surface area (Å²) in [6, 6.07) is 6.04. The van der Waals surface area contributed by atoms with Gasteiger partial charge in [0, 0.05) is 24.5 Å². The first-order chi connectivity index (χ1) is 10.1. The lowest BCUT2D eigenvalue weighted by Gasteiger charge is -2.12. The number of benzene rings is 1. The summed E-state index contributed by atoms with van der Waals surface area (Å²) in [5, 5.41) is 3.29. The van der Waals surface area contributed by atoms with Crippen molar-refractivity contribution in [2.75, 3.05) is 13.7 Å². The Morgan fingerprint density at radius 1 is 1.38 bits per heavy atom. The first-order valence-corrected chi connectivity index (χ1v) is 7.03. The standard InChI is InChI=1S/C16H21N3O2/c1-4-17-9-13-5-6-15(21-3)14(7-13)11-19-10-12(2)8-18-16(19)20/h5-8,10,17H,4,9,11H2,1-3H3. The van der Waals surface area contributed by atoms with Crippen molar-refractivity contribution in [2.24, 2.45) is 0 Å². The number of nitrogens with one attached hydrogen (secondary N) is 1. The van der Waals surface area contributed by atoms with Crippen molar-refractivity contribution in [1.82, 2.24) is 14.9 Å². The van der Waals surface area contributed by atoms with Gasteiger partial charge in [0.25, 0.3) is 0 Å². The molecule has 112 valence electrons. The second-order valence-corrected chi connectivity index (χ2v) is 4.97. The molecule has 0 aliphatic heterocycles. The third-order valence-corrected chi connectivity index (χ3v) is 3.25. The minimum Gasteiger partial charge on any atom is -0.496 e. The van der Waals surface area contributed by atoms with E-state index in [2.05, 4.69) is 23.3 Å². The number of ether oxygens (including phenoxy) is 1. The summed E-state index contributed by atoms with van der Waals surface area (Å²) in [4.78, 5) is 15.7. The van der Waals surface area contributed by atoms with Gasteiger partial charge in [0.15, 0.2) is 0 Å². The Hall–Kier alpha value is -2.14. The van der Waals surface area contributed by atoms with Crippen molar-refractivity contribution in [3.05, 3.63) is 57.8 Å². The van der Waals surface area contributed by atoms with Gasteiger partial charge in [-0.2, -0.15) is 0 Å². The zero-order valence-electron chi connectivity index (χ0n) is 12.7. The van der Waals surface area contributed by atoms with Gasteiger partial charge in [-0.05, 0) is 36.7 Å². The summed E-state index contributed by atoms with van der Waals surface area (Å²) in [5.74, 6) is 0.781. The molecule has 5 nitrogen and oxygen atoms in total. The molecule has 5 heteroatoms. The lowest BCUT2D eigenvalue weighted by Crippen LogP contribution is -2.23. The molecule has 0 radical (unpaired) electrons. The molecule has 0 aliphatic rings. The van der Waals surface area contributed by atoms with E-state index in [4.69, 9.17) is 4.74 Å². The van der Waals surface area contributed by atoms with E-state index < -0.39 is 0 Å². The summed E-state index contributed by atoms with van der Waals surface area (Å²) in [5.41, 5.74) is 2.85. The van der Waals surface area contributed by atoms with Crippen molar-refractivity contribution < 1.29 is 4.74 Å². The van der Waals surface area contributed by atoms with Crippen LogP contribution < -0.4 is 15.7 Å². The van der Waals surface area contributed by atoms with Crippen LogP contribution in [0.2, 0.25) is 0 Å². The van der Waals surface area contributed by atoms with E-state index in [0.29, 0.717) is 6.54 Å². The van der Waals surface area contributed by atoms with E-state index >= 15 is 0 Å². The monoisotopic (exact) mass is 287 g/mol. The first kappa shape index (κ1) is 15.3. The molecule has 2 rings (SSSR count). The molecule has 0 fully saturated rings. The number of rotatable bonds is 6. The molecule has 0 saturated carbocycles. The highest BCUT2D eigenvalue weighted by Crippen LogP contribution is 2.20. The maximum Gasteiger partial charge on any atom is 0.347 e. The van der Waals surface area contributed by atoms with E-state index in [1.807, 2.05) is 25.3 Å². The largest absolute Gasteiger partial charge is 0.496 e. The molecule has 1 heterocycles. The second-order valence-electron chi connectivity index (χ2n) is 4.97. The van der Waals surface area contributed by atoms with Gasteiger partial charge in [-0.25, -0.2) is 9.78 Å². The average Bonchev–Trinajstić information content (AvgIpc) is 2.49.